The highest BCUT2D eigenvalue weighted by Gasteiger charge is 2.17. The zero-order valence-corrected chi connectivity index (χ0v) is 11.8. The molecule has 0 aliphatic carbocycles. The van der Waals surface area contributed by atoms with Gasteiger partial charge in [0.2, 0.25) is 0 Å². The molecule has 3 aromatic rings. The second kappa shape index (κ2) is 4.42. The molecule has 0 bridgehead atoms. The normalized spacial score (nSPS) is 12.0. The van der Waals surface area contributed by atoms with Crippen LogP contribution in [0.5, 0.6) is 0 Å². The molecule has 102 valence electrons. The van der Waals surface area contributed by atoms with Crippen molar-refractivity contribution in [2.75, 3.05) is 0 Å². The van der Waals surface area contributed by atoms with E-state index in [0.29, 0.717) is 0 Å². The SMILES string of the molecule is Cc1ccc2c(cnn2-c2cncc(C(C)(C)O)c2)c1. The summed E-state index contributed by atoms with van der Waals surface area (Å²) < 4.78 is 1.84. The van der Waals surface area contributed by atoms with Crippen molar-refractivity contribution in [1.82, 2.24) is 14.8 Å². The van der Waals surface area contributed by atoms with E-state index in [4.69, 9.17) is 0 Å². The summed E-state index contributed by atoms with van der Waals surface area (Å²) in [5.74, 6) is 0. The van der Waals surface area contributed by atoms with Gasteiger partial charge in [-0.25, -0.2) is 4.68 Å². The number of benzene rings is 1. The van der Waals surface area contributed by atoms with Crippen molar-refractivity contribution in [3.05, 3.63) is 54.0 Å². The highest BCUT2D eigenvalue weighted by atomic mass is 16.3. The molecule has 0 aliphatic heterocycles. The van der Waals surface area contributed by atoms with Gasteiger partial charge in [-0.2, -0.15) is 5.10 Å². The number of hydrogen-bond acceptors (Lipinski definition) is 3. The van der Waals surface area contributed by atoms with E-state index in [1.807, 2.05) is 16.9 Å². The van der Waals surface area contributed by atoms with Crippen LogP contribution in [0.4, 0.5) is 0 Å². The molecule has 20 heavy (non-hydrogen) atoms. The van der Waals surface area contributed by atoms with Crippen LogP contribution in [0.3, 0.4) is 0 Å². The molecule has 0 unspecified atom stereocenters. The molecular formula is C16H17N3O. The first-order chi connectivity index (χ1) is 9.45. The van der Waals surface area contributed by atoms with E-state index in [1.165, 1.54) is 5.56 Å². The first-order valence-electron chi connectivity index (χ1n) is 6.58. The van der Waals surface area contributed by atoms with E-state index in [1.54, 1.807) is 26.2 Å². The fraction of sp³-hybridized carbons (Fsp3) is 0.250. The second-order valence-electron chi connectivity index (χ2n) is 5.61. The predicted octanol–water partition coefficient (Wildman–Crippen LogP) is 2.96. The van der Waals surface area contributed by atoms with Crippen LogP contribution in [-0.4, -0.2) is 19.9 Å². The van der Waals surface area contributed by atoms with Crippen molar-refractivity contribution in [2.24, 2.45) is 0 Å². The fourth-order valence-corrected chi connectivity index (χ4v) is 2.24. The van der Waals surface area contributed by atoms with Gasteiger partial charge in [0.05, 0.1) is 29.2 Å². The van der Waals surface area contributed by atoms with E-state index in [-0.39, 0.29) is 0 Å². The van der Waals surface area contributed by atoms with Gasteiger partial charge in [-0.15, -0.1) is 0 Å². The molecule has 0 atom stereocenters. The van der Waals surface area contributed by atoms with E-state index in [9.17, 15) is 5.11 Å². The monoisotopic (exact) mass is 267 g/mol. The highest BCUT2D eigenvalue weighted by Crippen LogP contribution is 2.23. The summed E-state index contributed by atoms with van der Waals surface area (Å²) in [4.78, 5) is 4.21. The molecule has 0 spiro atoms. The largest absolute Gasteiger partial charge is 0.386 e. The van der Waals surface area contributed by atoms with Crippen LogP contribution in [0.2, 0.25) is 0 Å². The molecule has 1 N–H and O–H groups in total. The van der Waals surface area contributed by atoms with E-state index >= 15 is 0 Å². The Labute approximate surface area is 117 Å². The standard InChI is InChI=1S/C16H17N3O/c1-11-4-5-15-12(6-11)8-18-19(15)14-7-13(9-17-10-14)16(2,3)20/h4-10,20H,1-3H3. The van der Waals surface area contributed by atoms with Crippen molar-refractivity contribution in [1.29, 1.82) is 0 Å². The van der Waals surface area contributed by atoms with Gasteiger partial charge in [0.15, 0.2) is 0 Å². The van der Waals surface area contributed by atoms with Crippen LogP contribution < -0.4 is 0 Å². The van der Waals surface area contributed by atoms with Crippen LogP contribution in [-0.2, 0) is 5.60 Å². The van der Waals surface area contributed by atoms with Crippen LogP contribution >= 0.6 is 0 Å². The van der Waals surface area contributed by atoms with Crippen molar-refractivity contribution >= 4 is 10.9 Å². The Hall–Kier alpha value is -2.20. The lowest BCUT2D eigenvalue weighted by Gasteiger charge is -2.18. The van der Waals surface area contributed by atoms with E-state index in [2.05, 4.69) is 35.2 Å². The molecule has 0 fully saturated rings. The molecule has 2 aromatic heterocycles. The van der Waals surface area contributed by atoms with Crippen molar-refractivity contribution in [3.8, 4) is 5.69 Å². The Balaban J connectivity index is 2.16. The summed E-state index contributed by atoms with van der Waals surface area (Å²) in [6.45, 7) is 5.56. The Morgan fingerprint density at radius 2 is 1.90 bits per heavy atom. The van der Waals surface area contributed by atoms with Crippen molar-refractivity contribution in [2.45, 2.75) is 26.4 Å². The van der Waals surface area contributed by atoms with Crippen molar-refractivity contribution < 1.29 is 5.11 Å². The topological polar surface area (TPSA) is 50.9 Å². The maximum absolute atomic E-state index is 10.1. The average molecular weight is 267 g/mol. The zero-order valence-electron chi connectivity index (χ0n) is 11.8. The third-order valence-electron chi connectivity index (χ3n) is 3.40. The molecule has 1 aromatic carbocycles. The quantitative estimate of drug-likeness (QED) is 0.776. The maximum atomic E-state index is 10.1. The highest BCUT2D eigenvalue weighted by molar-refractivity contribution is 5.80. The molecule has 2 heterocycles. The number of aryl methyl sites for hydroxylation is 1. The van der Waals surface area contributed by atoms with Gasteiger partial charge in [-0.1, -0.05) is 11.6 Å². The lowest BCUT2D eigenvalue weighted by Crippen LogP contribution is -2.16. The molecule has 4 heteroatoms. The molecule has 0 amide bonds. The minimum atomic E-state index is -0.914. The van der Waals surface area contributed by atoms with Crippen LogP contribution in [0.25, 0.3) is 16.6 Å². The van der Waals surface area contributed by atoms with Crippen molar-refractivity contribution in [3.63, 3.8) is 0 Å². The van der Waals surface area contributed by atoms with Crippen LogP contribution in [0.1, 0.15) is 25.0 Å². The Morgan fingerprint density at radius 1 is 1.10 bits per heavy atom. The second-order valence-corrected chi connectivity index (χ2v) is 5.61. The number of fused-ring (bicyclic) bond motifs is 1. The number of rotatable bonds is 2. The van der Waals surface area contributed by atoms with E-state index in [0.717, 1.165) is 22.2 Å². The minimum absolute atomic E-state index is 0.769. The summed E-state index contributed by atoms with van der Waals surface area (Å²) in [5, 5.41) is 15.6. The summed E-state index contributed by atoms with van der Waals surface area (Å²) in [6, 6.07) is 8.13. The number of nitrogens with zero attached hydrogens (tertiary/aromatic N) is 3. The lowest BCUT2D eigenvalue weighted by molar-refractivity contribution is 0.0782. The van der Waals surface area contributed by atoms with Gasteiger partial charge in [-0.05, 0) is 39.0 Å². The first-order valence-corrected chi connectivity index (χ1v) is 6.58. The van der Waals surface area contributed by atoms with Gasteiger partial charge in [0.25, 0.3) is 0 Å². The van der Waals surface area contributed by atoms with Gasteiger partial charge in [0.1, 0.15) is 0 Å². The number of hydrogen-bond donors (Lipinski definition) is 1. The van der Waals surface area contributed by atoms with Gasteiger partial charge >= 0.3 is 0 Å². The van der Waals surface area contributed by atoms with Crippen LogP contribution in [0.15, 0.2) is 42.9 Å². The van der Waals surface area contributed by atoms with Crippen LogP contribution in [0, 0.1) is 6.92 Å². The smallest absolute Gasteiger partial charge is 0.0856 e. The third-order valence-corrected chi connectivity index (χ3v) is 3.40. The number of aliphatic hydroxyl groups is 1. The molecule has 0 radical (unpaired) electrons. The first kappa shape index (κ1) is 12.8. The summed E-state index contributed by atoms with van der Waals surface area (Å²) >= 11 is 0. The average Bonchev–Trinajstić information content (AvgIpc) is 2.80. The number of pyridine rings is 1. The zero-order chi connectivity index (χ0) is 14.3. The molecular weight excluding hydrogens is 250 g/mol. The van der Waals surface area contributed by atoms with Gasteiger partial charge in [0, 0.05) is 17.1 Å². The summed E-state index contributed by atoms with van der Waals surface area (Å²) in [7, 11) is 0. The molecule has 4 nitrogen and oxygen atoms in total. The fourth-order valence-electron chi connectivity index (χ4n) is 2.24. The Kier molecular flexibility index (Phi) is 2.83. The van der Waals surface area contributed by atoms with Gasteiger partial charge < -0.3 is 5.11 Å². The lowest BCUT2D eigenvalue weighted by atomic mass is 10.0. The molecule has 0 saturated heterocycles. The number of aromatic nitrogens is 3. The maximum Gasteiger partial charge on any atom is 0.0856 e. The Morgan fingerprint density at radius 3 is 2.65 bits per heavy atom. The Bertz CT molecular complexity index is 769. The summed E-state index contributed by atoms with van der Waals surface area (Å²) in [5.41, 5.74) is 2.95. The van der Waals surface area contributed by atoms with E-state index < -0.39 is 5.60 Å². The molecule has 0 aliphatic rings. The minimum Gasteiger partial charge on any atom is -0.386 e. The van der Waals surface area contributed by atoms with Gasteiger partial charge in [-0.3, -0.25) is 4.98 Å². The summed E-state index contributed by atoms with van der Waals surface area (Å²) in [6.07, 6.45) is 5.28. The third kappa shape index (κ3) is 2.18. The predicted molar refractivity (Wildman–Crippen MR) is 78.8 cm³/mol. The molecule has 0 saturated carbocycles. The molecule has 3 rings (SSSR count).